The topological polar surface area (TPSA) is 76.2 Å². The summed E-state index contributed by atoms with van der Waals surface area (Å²) in [5, 5.41) is 0. The number of methoxy groups -OCH3 is 1. The van der Waals surface area contributed by atoms with E-state index in [9.17, 15) is 14.4 Å². The lowest BCUT2D eigenvalue weighted by Crippen LogP contribution is -2.46. The van der Waals surface area contributed by atoms with Crippen LogP contribution in [0.25, 0.3) is 0 Å². The molecule has 1 unspecified atom stereocenters. The summed E-state index contributed by atoms with van der Waals surface area (Å²) in [5.74, 6) is 0.365. The summed E-state index contributed by atoms with van der Waals surface area (Å²) in [7, 11) is 1.61. The van der Waals surface area contributed by atoms with Gasteiger partial charge in [-0.25, -0.2) is 0 Å². The highest BCUT2D eigenvalue weighted by atomic mass is 16.5. The van der Waals surface area contributed by atoms with Gasteiger partial charge in [0.2, 0.25) is 17.7 Å². The van der Waals surface area contributed by atoms with Crippen molar-refractivity contribution in [1.29, 1.82) is 0 Å². The van der Waals surface area contributed by atoms with E-state index < -0.39 is 11.3 Å². The number of carbonyl (C=O) groups is 3. The van der Waals surface area contributed by atoms with Gasteiger partial charge >= 0.3 is 0 Å². The molecule has 0 aliphatic carbocycles. The number of carbonyl (C=O) groups excluding carboxylic acids is 3. The molecule has 184 valence electrons. The van der Waals surface area contributed by atoms with Crippen LogP contribution in [-0.4, -0.2) is 42.9 Å². The number of ether oxygens (including phenoxy) is 2. The molecule has 1 atom stereocenters. The summed E-state index contributed by atoms with van der Waals surface area (Å²) in [6, 6.07) is 22.3. The van der Waals surface area contributed by atoms with E-state index in [4.69, 9.17) is 9.47 Å². The Kier molecular flexibility index (Phi) is 6.22. The molecule has 2 heterocycles. The van der Waals surface area contributed by atoms with Crippen molar-refractivity contribution >= 4 is 23.4 Å². The molecule has 7 heteroatoms. The Morgan fingerprint density at radius 3 is 2.28 bits per heavy atom. The Hall–Kier alpha value is -4.13. The van der Waals surface area contributed by atoms with Crippen LogP contribution in [0.15, 0.2) is 72.8 Å². The maximum absolute atomic E-state index is 13.9. The third-order valence-electron chi connectivity index (χ3n) is 6.88. The molecule has 1 fully saturated rings. The molecule has 2 aliphatic heterocycles. The van der Waals surface area contributed by atoms with E-state index in [0.29, 0.717) is 36.6 Å². The highest BCUT2D eigenvalue weighted by Crippen LogP contribution is 2.49. The van der Waals surface area contributed by atoms with Crippen LogP contribution in [0.5, 0.6) is 11.5 Å². The fourth-order valence-corrected chi connectivity index (χ4v) is 5.03. The number of fused-ring (bicyclic) bond motifs is 2. The van der Waals surface area contributed by atoms with Gasteiger partial charge in [0.15, 0.2) is 5.41 Å². The Labute approximate surface area is 210 Å². The van der Waals surface area contributed by atoms with E-state index in [1.807, 2.05) is 79.7 Å². The number of hydrogen-bond donors (Lipinski definition) is 0. The Morgan fingerprint density at radius 1 is 0.861 bits per heavy atom. The monoisotopic (exact) mass is 484 g/mol. The number of rotatable bonds is 8. The van der Waals surface area contributed by atoms with Gasteiger partial charge in [-0.2, -0.15) is 0 Å². The zero-order chi connectivity index (χ0) is 25.3. The highest BCUT2D eigenvalue weighted by Gasteiger charge is 2.63. The summed E-state index contributed by atoms with van der Waals surface area (Å²) < 4.78 is 11.0. The lowest BCUT2D eigenvalue weighted by Gasteiger charge is -2.22. The smallest absolute Gasteiger partial charge is 0.250 e. The van der Waals surface area contributed by atoms with E-state index in [1.54, 1.807) is 12.0 Å². The summed E-state index contributed by atoms with van der Waals surface area (Å²) in [4.78, 5) is 43.6. The van der Waals surface area contributed by atoms with Crippen LogP contribution in [-0.2, 0) is 26.3 Å². The molecule has 0 aromatic heterocycles. The largest absolute Gasteiger partial charge is 0.497 e. The second kappa shape index (κ2) is 9.49. The summed E-state index contributed by atoms with van der Waals surface area (Å²) in [6.07, 6.45) is 0.420. The molecule has 2 aliphatic rings. The Bertz CT molecular complexity index is 1300. The van der Waals surface area contributed by atoms with E-state index in [1.165, 1.54) is 4.90 Å². The van der Waals surface area contributed by atoms with Gasteiger partial charge in [-0.15, -0.1) is 0 Å². The summed E-state index contributed by atoms with van der Waals surface area (Å²) in [5.41, 5.74) is 1.60. The Balaban J connectivity index is 1.35. The first-order valence-corrected chi connectivity index (χ1v) is 12.0. The number of imide groups is 1. The van der Waals surface area contributed by atoms with E-state index in [2.05, 4.69) is 0 Å². The van der Waals surface area contributed by atoms with Gasteiger partial charge in [-0.05, 0) is 49.2 Å². The SMILES string of the molecule is COc1ccc(OCCCN2C(=O)C3(CC(=O)N(Cc4ccccc4)C3=O)c3cc(C)ccc32)cc1. The van der Waals surface area contributed by atoms with E-state index in [-0.39, 0.29) is 24.8 Å². The minimum atomic E-state index is -1.50. The van der Waals surface area contributed by atoms with E-state index in [0.717, 1.165) is 16.9 Å². The second-order valence-electron chi connectivity index (χ2n) is 9.21. The normalized spacial score (nSPS) is 18.8. The molecule has 0 radical (unpaired) electrons. The third kappa shape index (κ3) is 4.00. The molecule has 1 saturated heterocycles. The standard InChI is InChI=1S/C29H28N2O5/c1-20-9-14-25-24(17-20)29(18-26(32)31(28(29)34)19-21-7-4-3-5-8-21)27(33)30(25)15-6-16-36-23-12-10-22(35-2)11-13-23/h3-5,7-14,17H,6,15-16,18-19H2,1-2H3. The zero-order valence-electron chi connectivity index (χ0n) is 20.4. The van der Waals surface area contributed by atoms with Crippen molar-refractivity contribution in [2.24, 2.45) is 0 Å². The molecule has 7 nitrogen and oxygen atoms in total. The van der Waals surface area contributed by atoms with Gasteiger partial charge in [-0.1, -0.05) is 48.0 Å². The lowest BCUT2D eigenvalue weighted by atomic mass is 9.79. The van der Waals surface area contributed by atoms with Crippen molar-refractivity contribution in [2.45, 2.75) is 31.7 Å². The summed E-state index contributed by atoms with van der Waals surface area (Å²) >= 11 is 0. The molecular weight excluding hydrogens is 456 g/mol. The maximum Gasteiger partial charge on any atom is 0.250 e. The molecule has 0 saturated carbocycles. The molecule has 3 aromatic carbocycles. The van der Waals surface area contributed by atoms with Crippen molar-refractivity contribution in [3.05, 3.63) is 89.5 Å². The maximum atomic E-state index is 13.9. The molecule has 0 bridgehead atoms. The molecule has 3 aromatic rings. The molecule has 5 rings (SSSR count). The Morgan fingerprint density at radius 2 is 1.56 bits per heavy atom. The van der Waals surface area contributed by atoms with Gasteiger partial charge in [0.25, 0.3) is 0 Å². The van der Waals surface area contributed by atoms with Crippen LogP contribution in [0.3, 0.4) is 0 Å². The first kappa shape index (κ1) is 23.6. The van der Waals surface area contributed by atoms with Crippen LogP contribution in [0.4, 0.5) is 5.69 Å². The number of nitrogens with zero attached hydrogens (tertiary/aromatic N) is 2. The van der Waals surface area contributed by atoms with Crippen LogP contribution < -0.4 is 14.4 Å². The number of amides is 3. The van der Waals surface area contributed by atoms with Crippen molar-refractivity contribution in [3.8, 4) is 11.5 Å². The molecule has 36 heavy (non-hydrogen) atoms. The fourth-order valence-electron chi connectivity index (χ4n) is 5.03. The van der Waals surface area contributed by atoms with Crippen LogP contribution in [0, 0.1) is 6.92 Å². The van der Waals surface area contributed by atoms with Crippen LogP contribution in [0.2, 0.25) is 0 Å². The number of anilines is 1. The predicted molar refractivity (Wildman–Crippen MR) is 135 cm³/mol. The van der Waals surface area contributed by atoms with Crippen molar-refractivity contribution < 1.29 is 23.9 Å². The average Bonchev–Trinajstić information content (AvgIpc) is 3.28. The third-order valence-corrected chi connectivity index (χ3v) is 6.88. The molecular formula is C29H28N2O5. The van der Waals surface area contributed by atoms with Gasteiger partial charge in [0.05, 0.1) is 26.7 Å². The highest BCUT2D eigenvalue weighted by molar-refractivity contribution is 6.28. The van der Waals surface area contributed by atoms with E-state index >= 15 is 0 Å². The number of aryl methyl sites for hydroxylation is 1. The average molecular weight is 485 g/mol. The minimum absolute atomic E-state index is 0.146. The first-order valence-electron chi connectivity index (χ1n) is 12.0. The molecule has 3 amide bonds. The number of likely N-dealkylation sites (tertiary alicyclic amines) is 1. The predicted octanol–water partition coefficient (Wildman–Crippen LogP) is 4.02. The second-order valence-corrected chi connectivity index (χ2v) is 9.21. The van der Waals surface area contributed by atoms with Gasteiger partial charge in [-0.3, -0.25) is 19.3 Å². The minimum Gasteiger partial charge on any atom is -0.497 e. The zero-order valence-corrected chi connectivity index (χ0v) is 20.4. The number of hydrogen-bond acceptors (Lipinski definition) is 5. The van der Waals surface area contributed by atoms with Crippen molar-refractivity contribution in [3.63, 3.8) is 0 Å². The van der Waals surface area contributed by atoms with Crippen LogP contribution >= 0.6 is 0 Å². The lowest BCUT2D eigenvalue weighted by molar-refractivity contribution is -0.142. The quantitative estimate of drug-likeness (QED) is 0.274. The number of benzene rings is 3. The fraction of sp³-hybridized carbons (Fsp3) is 0.276. The van der Waals surface area contributed by atoms with Crippen LogP contribution in [0.1, 0.15) is 29.5 Å². The van der Waals surface area contributed by atoms with Crippen molar-refractivity contribution in [2.75, 3.05) is 25.2 Å². The van der Waals surface area contributed by atoms with Gasteiger partial charge in [0, 0.05) is 17.8 Å². The first-order chi connectivity index (χ1) is 17.4. The van der Waals surface area contributed by atoms with Gasteiger partial charge in [0.1, 0.15) is 11.5 Å². The molecule has 1 spiro atoms. The summed E-state index contributed by atoms with van der Waals surface area (Å²) in [6.45, 7) is 2.86. The molecule has 0 N–H and O–H groups in total. The van der Waals surface area contributed by atoms with Gasteiger partial charge < -0.3 is 14.4 Å². The van der Waals surface area contributed by atoms with Crippen molar-refractivity contribution in [1.82, 2.24) is 4.90 Å².